The summed E-state index contributed by atoms with van der Waals surface area (Å²) in [5.74, 6) is 1.58. The third kappa shape index (κ3) is 2.20. The van der Waals surface area contributed by atoms with Gasteiger partial charge in [-0.25, -0.2) is 0 Å². The summed E-state index contributed by atoms with van der Waals surface area (Å²) in [6, 6.07) is 9.56. The summed E-state index contributed by atoms with van der Waals surface area (Å²) in [5.41, 5.74) is 7.96. The quantitative estimate of drug-likeness (QED) is 0.458. The van der Waals surface area contributed by atoms with E-state index in [9.17, 15) is 0 Å². The average molecular weight is 425 g/mol. The standard InChI is InChI=1S/C25H31BrN/c1-5-24(3)22-12-11-18(26)13-20(22)23-14-19-16-7-9-17(10-8-16)21(19)15-27(23)25(24,4)6-2/h11-17H,5-10H2,1-4H3/q+1. The summed E-state index contributed by atoms with van der Waals surface area (Å²) < 4.78 is 3.87. The zero-order chi connectivity index (χ0) is 19.0. The van der Waals surface area contributed by atoms with Crippen LogP contribution in [0.4, 0.5) is 0 Å². The Morgan fingerprint density at radius 3 is 2.26 bits per heavy atom. The van der Waals surface area contributed by atoms with Gasteiger partial charge in [0.15, 0.2) is 11.7 Å². The van der Waals surface area contributed by atoms with Gasteiger partial charge in [-0.1, -0.05) is 35.8 Å². The maximum atomic E-state index is 3.75. The molecule has 6 rings (SSSR count). The monoisotopic (exact) mass is 424 g/mol. The van der Waals surface area contributed by atoms with Crippen molar-refractivity contribution in [2.75, 3.05) is 0 Å². The maximum Gasteiger partial charge on any atom is 0.213 e. The molecule has 1 nitrogen and oxygen atoms in total. The Labute approximate surface area is 172 Å². The average Bonchev–Trinajstić information content (AvgIpc) is 2.71. The molecule has 2 unspecified atom stereocenters. The van der Waals surface area contributed by atoms with E-state index < -0.39 is 0 Å². The Morgan fingerprint density at radius 1 is 0.963 bits per heavy atom. The summed E-state index contributed by atoms with van der Waals surface area (Å²) in [6.45, 7) is 9.73. The molecule has 0 spiro atoms. The molecule has 2 heteroatoms. The van der Waals surface area contributed by atoms with Gasteiger partial charge in [-0.3, -0.25) is 0 Å². The van der Waals surface area contributed by atoms with Crippen LogP contribution in [0.25, 0.3) is 11.3 Å². The molecule has 2 atom stereocenters. The molecule has 2 heterocycles. The van der Waals surface area contributed by atoms with E-state index in [1.54, 1.807) is 11.1 Å². The Morgan fingerprint density at radius 2 is 1.63 bits per heavy atom. The highest BCUT2D eigenvalue weighted by Gasteiger charge is 2.57. The second-order valence-corrected chi connectivity index (χ2v) is 10.4. The van der Waals surface area contributed by atoms with Gasteiger partial charge in [-0.05, 0) is 74.1 Å². The molecule has 0 saturated heterocycles. The Bertz CT molecular complexity index is 924. The number of hydrogen-bond donors (Lipinski definition) is 0. The van der Waals surface area contributed by atoms with E-state index in [2.05, 4.69) is 78.7 Å². The Kier molecular flexibility index (Phi) is 3.93. The topological polar surface area (TPSA) is 3.88 Å². The molecule has 0 N–H and O–H groups in total. The lowest BCUT2D eigenvalue weighted by Gasteiger charge is -2.47. The minimum Gasteiger partial charge on any atom is -0.192 e. The number of pyridine rings is 1. The minimum atomic E-state index is 0.101. The molecule has 142 valence electrons. The van der Waals surface area contributed by atoms with Gasteiger partial charge in [0.25, 0.3) is 0 Å². The van der Waals surface area contributed by atoms with E-state index in [4.69, 9.17) is 0 Å². The van der Waals surface area contributed by atoms with E-state index in [-0.39, 0.29) is 11.0 Å². The van der Waals surface area contributed by atoms with Crippen LogP contribution in [0.5, 0.6) is 0 Å². The second-order valence-electron chi connectivity index (χ2n) is 9.49. The number of hydrogen-bond acceptors (Lipinski definition) is 0. The molecule has 2 bridgehead atoms. The first-order valence-electron chi connectivity index (χ1n) is 10.8. The summed E-state index contributed by atoms with van der Waals surface area (Å²) in [6.07, 6.45) is 10.5. The molecule has 4 aliphatic rings. The smallest absolute Gasteiger partial charge is 0.192 e. The molecule has 1 saturated carbocycles. The van der Waals surface area contributed by atoms with Crippen molar-refractivity contribution in [1.82, 2.24) is 0 Å². The Hall–Kier alpha value is -1.15. The lowest BCUT2D eigenvalue weighted by molar-refractivity contribution is -0.765. The van der Waals surface area contributed by atoms with Crippen molar-refractivity contribution in [3.8, 4) is 11.3 Å². The van der Waals surface area contributed by atoms with Gasteiger partial charge < -0.3 is 0 Å². The molecule has 0 radical (unpaired) electrons. The van der Waals surface area contributed by atoms with Crippen molar-refractivity contribution in [3.05, 3.63) is 51.6 Å². The zero-order valence-corrected chi connectivity index (χ0v) is 18.7. The fraction of sp³-hybridized carbons (Fsp3) is 0.560. The van der Waals surface area contributed by atoms with E-state index in [1.165, 1.54) is 47.0 Å². The van der Waals surface area contributed by atoms with Gasteiger partial charge in [0.1, 0.15) is 0 Å². The van der Waals surface area contributed by atoms with E-state index in [0.29, 0.717) is 0 Å². The third-order valence-electron chi connectivity index (χ3n) is 8.73. The van der Waals surface area contributed by atoms with Crippen LogP contribution < -0.4 is 4.57 Å². The highest BCUT2D eigenvalue weighted by atomic mass is 79.9. The van der Waals surface area contributed by atoms with Gasteiger partial charge >= 0.3 is 0 Å². The minimum absolute atomic E-state index is 0.101. The van der Waals surface area contributed by atoms with Gasteiger partial charge in [-0.2, -0.15) is 4.57 Å². The van der Waals surface area contributed by atoms with Crippen LogP contribution >= 0.6 is 15.9 Å². The van der Waals surface area contributed by atoms with Crippen LogP contribution in [0.2, 0.25) is 0 Å². The van der Waals surface area contributed by atoms with E-state index in [0.717, 1.165) is 24.7 Å². The molecule has 1 aromatic carbocycles. The van der Waals surface area contributed by atoms with Crippen molar-refractivity contribution in [3.63, 3.8) is 0 Å². The van der Waals surface area contributed by atoms with Crippen molar-refractivity contribution in [1.29, 1.82) is 0 Å². The number of halogens is 1. The summed E-state index contributed by atoms with van der Waals surface area (Å²) in [7, 11) is 0. The van der Waals surface area contributed by atoms with Crippen molar-refractivity contribution in [2.24, 2.45) is 0 Å². The largest absolute Gasteiger partial charge is 0.213 e. The molecular formula is C25H31BrN+. The van der Waals surface area contributed by atoms with Crippen molar-refractivity contribution in [2.45, 2.75) is 89.0 Å². The predicted molar refractivity (Wildman–Crippen MR) is 115 cm³/mol. The lowest BCUT2D eigenvalue weighted by Crippen LogP contribution is -2.67. The van der Waals surface area contributed by atoms with Gasteiger partial charge in [0, 0.05) is 29.4 Å². The normalized spacial score (nSPS) is 33.4. The highest BCUT2D eigenvalue weighted by molar-refractivity contribution is 9.10. The highest BCUT2D eigenvalue weighted by Crippen LogP contribution is 2.53. The number of nitrogens with zero attached hydrogens (tertiary/aromatic N) is 1. The molecule has 0 amide bonds. The SMILES string of the molecule is CCC1(C)c2ccc(Br)cc2-c2cc3c(c[n+]2C1(C)CC)C1CCC3CC1. The van der Waals surface area contributed by atoms with Gasteiger partial charge in [-0.15, -0.1) is 0 Å². The fourth-order valence-electron chi connectivity index (χ4n) is 6.51. The first-order chi connectivity index (χ1) is 12.9. The van der Waals surface area contributed by atoms with Crippen molar-refractivity contribution >= 4 is 15.9 Å². The van der Waals surface area contributed by atoms with Crippen molar-refractivity contribution < 1.29 is 4.57 Å². The van der Waals surface area contributed by atoms with Crippen LogP contribution in [0.1, 0.15) is 94.7 Å². The lowest BCUT2D eigenvalue weighted by atomic mass is 9.60. The molecule has 1 aromatic heterocycles. The number of fused-ring (bicyclic) bond motifs is 5. The summed E-state index contributed by atoms with van der Waals surface area (Å²) in [4.78, 5) is 0. The van der Waals surface area contributed by atoms with Crippen LogP contribution in [0.15, 0.2) is 34.9 Å². The molecule has 1 fully saturated rings. The second kappa shape index (κ2) is 5.92. The van der Waals surface area contributed by atoms with Crippen LogP contribution in [-0.4, -0.2) is 0 Å². The first kappa shape index (κ1) is 17.9. The van der Waals surface area contributed by atoms with Gasteiger partial charge in [0.2, 0.25) is 5.69 Å². The molecule has 27 heavy (non-hydrogen) atoms. The number of rotatable bonds is 2. The van der Waals surface area contributed by atoms with Gasteiger partial charge in [0.05, 0.1) is 11.0 Å². The fourth-order valence-corrected chi connectivity index (χ4v) is 6.87. The van der Waals surface area contributed by atoms with Crippen LogP contribution in [0, 0.1) is 0 Å². The number of aromatic nitrogens is 1. The maximum absolute atomic E-state index is 3.75. The molecule has 3 aliphatic carbocycles. The zero-order valence-electron chi connectivity index (χ0n) is 17.1. The third-order valence-corrected chi connectivity index (χ3v) is 9.22. The predicted octanol–water partition coefficient (Wildman–Crippen LogP) is 6.96. The molecule has 2 aromatic rings. The van der Waals surface area contributed by atoms with E-state index in [1.807, 2.05) is 0 Å². The first-order valence-corrected chi connectivity index (χ1v) is 11.6. The molecular weight excluding hydrogens is 394 g/mol. The Balaban J connectivity index is 1.86. The van der Waals surface area contributed by atoms with Crippen LogP contribution in [-0.2, 0) is 11.0 Å². The van der Waals surface area contributed by atoms with E-state index >= 15 is 0 Å². The summed E-state index contributed by atoms with van der Waals surface area (Å²) in [5, 5.41) is 0. The summed E-state index contributed by atoms with van der Waals surface area (Å²) >= 11 is 3.75. The molecule has 1 aliphatic heterocycles. The van der Waals surface area contributed by atoms with Crippen LogP contribution in [0.3, 0.4) is 0 Å². The number of benzene rings is 1.